The number of nitrogens with zero attached hydrogens (tertiary/aromatic N) is 1. The van der Waals surface area contributed by atoms with Gasteiger partial charge in [0.1, 0.15) is 12.4 Å². The Kier molecular flexibility index (Phi) is 7.26. The summed E-state index contributed by atoms with van der Waals surface area (Å²) in [5, 5.41) is 2.63. The molecule has 0 fully saturated rings. The van der Waals surface area contributed by atoms with Crippen LogP contribution < -0.4 is 9.62 Å². The maximum atomic E-state index is 12.9. The molecule has 124 valence electrons. The van der Waals surface area contributed by atoms with E-state index in [9.17, 15) is 17.6 Å². The van der Waals surface area contributed by atoms with Gasteiger partial charge in [0.25, 0.3) is 0 Å². The first-order chi connectivity index (χ1) is 10.3. The lowest BCUT2D eigenvalue weighted by molar-refractivity contribution is -0.119. The minimum atomic E-state index is -3.64. The molecule has 0 radical (unpaired) electrons. The largest absolute Gasteiger partial charge is 0.382 e. The molecule has 1 N–H and O–H groups in total. The summed E-state index contributed by atoms with van der Waals surface area (Å²) in [5.74, 6) is -0.899. The maximum absolute atomic E-state index is 12.9. The van der Waals surface area contributed by atoms with Gasteiger partial charge in [-0.25, -0.2) is 12.8 Å². The van der Waals surface area contributed by atoms with Crippen LogP contribution in [0.1, 0.15) is 13.3 Å². The zero-order chi connectivity index (χ0) is 16.6. The van der Waals surface area contributed by atoms with E-state index < -0.39 is 21.7 Å². The third-order valence-electron chi connectivity index (χ3n) is 2.79. The predicted molar refractivity (Wildman–Crippen MR) is 82.7 cm³/mol. The average molecular weight is 332 g/mol. The second-order valence-electron chi connectivity index (χ2n) is 4.65. The highest BCUT2D eigenvalue weighted by molar-refractivity contribution is 7.92. The monoisotopic (exact) mass is 332 g/mol. The Morgan fingerprint density at radius 3 is 2.50 bits per heavy atom. The van der Waals surface area contributed by atoms with Crippen LogP contribution in [0.5, 0.6) is 0 Å². The molecule has 22 heavy (non-hydrogen) atoms. The molecule has 1 rings (SSSR count). The highest BCUT2D eigenvalue weighted by atomic mass is 32.2. The zero-order valence-electron chi connectivity index (χ0n) is 12.7. The van der Waals surface area contributed by atoms with E-state index in [1.54, 1.807) is 0 Å². The van der Waals surface area contributed by atoms with Crippen molar-refractivity contribution in [2.75, 3.05) is 36.9 Å². The van der Waals surface area contributed by atoms with Gasteiger partial charge in [0, 0.05) is 19.8 Å². The molecule has 0 bridgehead atoms. The Morgan fingerprint density at radius 2 is 1.95 bits per heavy atom. The Bertz CT molecular complexity index is 575. The van der Waals surface area contributed by atoms with Crippen LogP contribution in [0.2, 0.25) is 0 Å². The number of ether oxygens (including phenoxy) is 1. The van der Waals surface area contributed by atoms with E-state index >= 15 is 0 Å². The summed E-state index contributed by atoms with van der Waals surface area (Å²) in [6.45, 7) is 3.08. The number of sulfonamides is 1. The summed E-state index contributed by atoms with van der Waals surface area (Å²) < 4.78 is 42.6. The third-order valence-corrected chi connectivity index (χ3v) is 3.93. The lowest BCUT2D eigenvalue weighted by atomic mass is 10.3. The van der Waals surface area contributed by atoms with Crippen LogP contribution in [0.3, 0.4) is 0 Å². The van der Waals surface area contributed by atoms with E-state index in [4.69, 9.17) is 4.74 Å². The molecule has 1 aromatic carbocycles. The zero-order valence-corrected chi connectivity index (χ0v) is 13.5. The molecule has 0 aromatic heterocycles. The first-order valence-corrected chi connectivity index (χ1v) is 8.77. The minimum absolute atomic E-state index is 0.244. The van der Waals surface area contributed by atoms with Gasteiger partial charge in [-0.1, -0.05) is 0 Å². The topological polar surface area (TPSA) is 75.7 Å². The number of hydrogen-bond donors (Lipinski definition) is 1. The van der Waals surface area contributed by atoms with E-state index in [0.29, 0.717) is 26.2 Å². The number of hydrogen-bond acceptors (Lipinski definition) is 4. The van der Waals surface area contributed by atoms with E-state index in [2.05, 4.69) is 5.32 Å². The summed E-state index contributed by atoms with van der Waals surface area (Å²) in [6, 6.07) is 4.93. The van der Waals surface area contributed by atoms with Crippen LogP contribution in [0.4, 0.5) is 10.1 Å². The van der Waals surface area contributed by atoms with Gasteiger partial charge in [-0.2, -0.15) is 0 Å². The molecule has 0 aliphatic rings. The van der Waals surface area contributed by atoms with Crippen LogP contribution in [-0.2, 0) is 19.6 Å². The van der Waals surface area contributed by atoms with Crippen LogP contribution >= 0.6 is 0 Å². The van der Waals surface area contributed by atoms with E-state index in [-0.39, 0.29) is 12.2 Å². The Morgan fingerprint density at radius 1 is 1.32 bits per heavy atom. The second-order valence-corrected chi connectivity index (χ2v) is 6.55. The van der Waals surface area contributed by atoms with Gasteiger partial charge >= 0.3 is 0 Å². The van der Waals surface area contributed by atoms with Crippen molar-refractivity contribution in [1.82, 2.24) is 5.32 Å². The number of halogens is 1. The smallest absolute Gasteiger partial charge is 0.240 e. The first kappa shape index (κ1) is 18.4. The molecular formula is C14H21FN2O4S. The predicted octanol–water partition coefficient (Wildman–Crippen LogP) is 1.13. The summed E-state index contributed by atoms with van der Waals surface area (Å²) >= 11 is 0. The molecule has 0 aliphatic carbocycles. The SMILES string of the molecule is CCOCCCNC(=O)CN(c1ccc(F)cc1)S(C)(=O)=O. The fourth-order valence-electron chi connectivity index (χ4n) is 1.74. The van der Waals surface area contributed by atoms with E-state index in [0.717, 1.165) is 22.7 Å². The van der Waals surface area contributed by atoms with Crippen molar-refractivity contribution < 1.29 is 22.3 Å². The molecule has 8 heteroatoms. The van der Waals surface area contributed by atoms with Crippen molar-refractivity contribution in [1.29, 1.82) is 0 Å². The molecule has 0 saturated heterocycles. The minimum Gasteiger partial charge on any atom is -0.382 e. The van der Waals surface area contributed by atoms with Crippen LogP contribution in [0.25, 0.3) is 0 Å². The number of carbonyl (C=O) groups excluding carboxylic acids is 1. The molecule has 6 nitrogen and oxygen atoms in total. The first-order valence-electron chi connectivity index (χ1n) is 6.92. The summed E-state index contributed by atoms with van der Waals surface area (Å²) in [4.78, 5) is 11.8. The molecule has 0 saturated carbocycles. The van der Waals surface area contributed by atoms with Gasteiger partial charge in [0.05, 0.1) is 11.9 Å². The van der Waals surface area contributed by atoms with Crippen molar-refractivity contribution in [3.8, 4) is 0 Å². The number of nitrogens with one attached hydrogen (secondary N) is 1. The van der Waals surface area contributed by atoms with Gasteiger partial charge < -0.3 is 10.1 Å². The lowest BCUT2D eigenvalue weighted by Crippen LogP contribution is -2.40. The number of amides is 1. The molecule has 0 aliphatic heterocycles. The third kappa shape index (κ3) is 6.40. The van der Waals surface area contributed by atoms with E-state index in [1.807, 2.05) is 6.92 Å². The average Bonchev–Trinajstić information content (AvgIpc) is 2.44. The molecule has 0 unspecified atom stereocenters. The van der Waals surface area contributed by atoms with Crippen molar-refractivity contribution in [2.24, 2.45) is 0 Å². The van der Waals surface area contributed by atoms with Crippen molar-refractivity contribution in [2.45, 2.75) is 13.3 Å². The number of rotatable bonds is 9. The van der Waals surface area contributed by atoms with Crippen LogP contribution in [0.15, 0.2) is 24.3 Å². The Labute approximate surface area is 130 Å². The van der Waals surface area contributed by atoms with Gasteiger partial charge in [-0.15, -0.1) is 0 Å². The number of carbonyl (C=O) groups is 1. The van der Waals surface area contributed by atoms with Crippen molar-refractivity contribution in [3.05, 3.63) is 30.1 Å². The highest BCUT2D eigenvalue weighted by Gasteiger charge is 2.20. The molecule has 0 atom stereocenters. The maximum Gasteiger partial charge on any atom is 0.240 e. The van der Waals surface area contributed by atoms with Gasteiger partial charge in [-0.3, -0.25) is 9.10 Å². The number of benzene rings is 1. The number of anilines is 1. The van der Waals surface area contributed by atoms with Crippen LogP contribution in [0, 0.1) is 5.82 Å². The highest BCUT2D eigenvalue weighted by Crippen LogP contribution is 2.17. The fourth-order valence-corrected chi connectivity index (χ4v) is 2.60. The lowest BCUT2D eigenvalue weighted by Gasteiger charge is -2.21. The van der Waals surface area contributed by atoms with Gasteiger partial charge in [0.2, 0.25) is 15.9 Å². The van der Waals surface area contributed by atoms with Crippen molar-refractivity contribution >= 4 is 21.6 Å². The quantitative estimate of drug-likeness (QED) is 0.688. The summed E-state index contributed by atoms with van der Waals surface area (Å²) in [5.41, 5.74) is 0.244. The summed E-state index contributed by atoms with van der Waals surface area (Å²) in [6.07, 6.45) is 1.65. The van der Waals surface area contributed by atoms with Crippen molar-refractivity contribution in [3.63, 3.8) is 0 Å². The molecule has 0 spiro atoms. The Balaban J connectivity index is 2.63. The second kappa shape index (κ2) is 8.70. The van der Waals surface area contributed by atoms with E-state index in [1.165, 1.54) is 12.1 Å². The molecule has 1 aromatic rings. The molecular weight excluding hydrogens is 311 g/mol. The molecule has 0 heterocycles. The normalized spacial score (nSPS) is 11.2. The Hall–Kier alpha value is -1.67. The molecule has 1 amide bonds. The van der Waals surface area contributed by atoms with Crippen LogP contribution in [-0.4, -0.2) is 46.9 Å². The fraction of sp³-hybridized carbons (Fsp3) is 0.500. The van der Waals surface area contributed by atoms with Gasteiger partial charge in [0.15, 0.2) is 0 Å². The van der Waals surface area contributed by atoms with Gasteiger partial charge in [-0.05, 0) is 37.6 Å². The summed E-state index contributed by atoms with van der Waals surface area (Å²) in [7, 11) is -3.64. The standard InChI is InChI=1S/C14H21FN2O4S/c1-3-21-10-4-9-16-14(18)11-17(22(2,19)20)13-7-5-12(15)6-8-13/h5-8H,3-4,9-11H2,1-2H3,(H,16,18).